The van der Waals surface area contributed by atoms with Crippen molar-refractivity contribution in [2.75, 3.05) is 11.1 Å². The fraction of sp³-hybridized carbons (Fsp3) is 0.643. The summed E-state index contributed by atoms with van der Waals surface area (Å²) in [7, 11) is 0. The Morgan fingerprint density at radius 1 is 1.52 bits per heavy atom. The molecule has 0 aliphatic rings. The molecule has 1 amide bonds. The summed E-state index contributed by atoms with van der Waals surface area (Å²) >= 11 is 1.61. The smallest absolute Gasteiger partial charge is 0.331 e. The van der Waals surface area contributed by atoms with Gasteiger partial charge < -0.3 is 10.4 Å². The molecule has 1 rings (SSSR count). The molecule has 0 bridgehead atoms. The number of nitrogens with zero attached hydrogens (tertiary/aromatic N) is 2. The zero-order valence-corrected chi connectivity index (χ0v) is 13.7. The number of carbonyl (C=O) groups excluding carboxylic acids is 1. The molecule has 21 heavy (non-hydrogen) atoms. The van der Waals surface area contributed by atoms with Crippen LogP contribution in [0.3, 0.4) is 0 Å². The number of carbonyl (C=O) groups is 2. The molecule has 0 aliphatic heterocycles. The molecule has 0 aliphatic carbocycles. The maximum absolute atomic E-state index is 12.0. The first-order valence-electron chi connectivity index (χ1n) is 7.00. The zero-order chi connectivity index (χ0) is 16.0. The van der Waals surface area contributed by atoms with Crippen LogP contribution in [0, 0.1) is 0 Å². The van der Waals surface area contributed by atoms with Crippen LogP contribution in [-0.4, -0.2) is 37.8 Å². The van der Waals surface area contributed by atoms with Gasteiger partial charge in [0, 0.05) is 6.20 Å². The quantitative estimate of drug-likeness (QED) is 0.721. The predicted molar refractivity (Wildman–Crippen MR) is 84.6 cm³/mol. The summed E-state index contributed by atoms with van der Waals surface area (Å²) in [5, 5.41) is 15.8. The number of anilines is 1. The van der Waals surface area contributed by atoms with E-state index < -0.39 is 11.5 Å². The van der Waals surface area contributed by atoms with Crippen molar-refractivity contribution in [3.63, 3.8) is 0 Å². The number of amides is 1. The molecule has 1 heterocycles. The van der Waals surface area contributed by atoms with E-state index in [1.165, 1.54) is 17.1 Å². The summed E-state index contributed by atoms with van der Waals surface area (Å²) in [5.74, 6) is -0.119. The van der Waals surface area contributed by atoms with Crippen LogP contribution in [0.4, 0.5) is 5.69 Å². The molecule has 7 heteroatoms. The van der Waals surface area contributed by atoms with E-state index in [1.807, 2.05) is 6.92 Å². The first-order chi connectivity index (χ1) is 9.78. The first-order valence-corrected chi connectivity index (χ1v) is 8.05. The second kappa shape index (κ2) is 7.49. The van der Waals surface area contributed by atoms with Gasteiger partial charge in [-0.2, -0.15) is 5.10 Å². The topological polar surface area (TPSA) is 84.2 Å². The Bertz CT molecular complexity index is 499. The zero-order valence-electron chi connectivity index (χ0n) is 12.9. The maximum atomic E-state index is 12.0. The Morgan fingerprint density at radius 2 is 2.19 bits per heavy atom. The van der Waals surface area contributed by atoms with Gasteiger partial charge in [0.15, 0.2) is 5.54 Å². The van der Waals surface area contributed by atoms with Gasteiger partial charge >= 0.3 is 5.97 Å². The van der Waals surface area contributed by atoms with Crippen LogP contribution in [0.1, 0.15) is 40.5 Å². The number of aromatic nitrogens is 2. The van der Waals surface area contributed by atoms with Gasteiger partial charge in [0.2, 0.25) is 5.91 Å². The third-order valence-electron chi connectivity index (χ3n) is 3.18. The van der Waals surface area contributed by atoms with Crippen LogP contribution in [0.5, 0.6) is 0 Å². The third kappa shape index (κ3) is 4.77. The first kappa shape index (κ1) is 17.6. The van der Waals surface area contributed by atoms with Gasteiger partial charge in [0.25, 0.3) is 0 Å². The molecular weight excluding hydrogens is 290 g/mol. The predicted octanol–water partition coefficient (Wildman–Crippen LogP) is 2.56. The van der Waals surface area contributed by atoms with Crippen molar-refractivity contribution in [2.24, 2.45) is 0 Å². The number of nitrogens with one attached hydrogen (secondary N) is 1. The number of carboxylic acid groups (broad SMARTS) is 1. The van der Waals surface area contributed by atoms with Crippen molar-refractivity contribution in [3.05, 3.63) is 12.4 Å². The summed E-state index contributed by atoms with van der Waals surface area (Å²) in [6.07, 6.45) is 5.20. The summed E-state index contributed by atoms with van der Waals surface area (Å²) in [4.78, 5) is 23.2. The van der Waals surface area contributed by atoms with E-state index in [1.54, 1.807) is 25.6 Å². The van der Waals surface area contributed by atoms with Crippen molar-refractivity contribution >= 4 is 29.3 Å². The molecule has 1 unspecified atom stereocenters. The number of hydrogen-bond acceptors (Lipinski definition) is 4. The van der Waals surface area contributed by atoms with Gasteiger partial charge in [-0.15, -0.1) is 11.8 Å². The molecule has 0 aromatic carbocycles. The third-order valence-corrected chi connectivity index (χ3v) is 4.42. The average Bonchev–Trinajstić information content (AvgIpc) is 2.87. The molecule has 0 saturated carbocycles. The fourth-order valence-electron chi connectivity index (χ4n) is 1.52. The van der Waals surface area contributed by atoms with Crippen molar-refractivity contribution in [1.29, 1.82) is 0 Å². The van der Waals surface area contributed by atoms with Crippen LogP contribution in [0.25, 0.3) is 0 Å². The number of rotatable bonds is 8. The van der Waals surface area contributed by atoms with E-state index >= 15 is 0 Å². The minimum atomic E-state index is -1.15. The summed E-state index contributed by atoms with van der Waals surface area (Å²) in [6.45, 7) is 7.08. The number of hydrogen-bond donors (Lipinski definition) is 2. The number of carboxylic acids is 1. The second-order valence-corrected chi connectivity index (χ2v) is 6.84. The highest BCUT2D eigenvalue weighted by atomic mass is 32.2. The molecule has 0 spiro atoms. The number of unbranched alkanes of at least 4 members (excludes halogenated alkanes) is 1. The van der Waals surface area contributed by atoms with Gasteiger partial charge in [-0.25, -0.2) is 4.79 Å². The van der Waals surface area contributed by atoms with E-state index in [-0.39, 0.29) is 11.2 Å². The van der Waals surface area contributed by atoms with Crippen molar-refractivity contribution in [1.82, 2.24) is 9.78 Å². The average molecular weight is 313 g/mol. The minimum absolute atomic E-state index is 0.0937. The Kier molecular flexibility index (Phi) is 6.26. The molecule has 1 aromatic heterocycles. The number of thioether (sulfide) groups is 1. The molecule has 1 atom stereocenters. The molecular formula is C14H23N3O3S. The van der Waals surface area contributed by atoms with Crippen LogP contribution in [0.15, 0.2) is 12.4 Å². The lowest BCUT2D eigenvalue weighted by Gasteiger charge is -2.19. The summed E-state index contributed by atoms with van der Waals surface area (Å²) in [6, 6.07) is 0. The lowest BCUT2D eigenvalue weighted by atomic mass is 10.1. The molecule has 1 aromatic rings. The minimum Gasteiger partial charge on any atom is -0.479 e. The van der Waals surface area contributed by atoms with Crippen molar-refractivity contribution in [3.8, 4) is 0 Å². The van der Waals surface area contributed by atoms with Crippen LogP contribution in [0.2, 0.25) is 0 Å². The van der Waals surface area contributed by atoms with Gasteiger partial charge in [0.05, 0.1) is 17.1 Å². The fourth-order valence-corrected chi connectivity index (χ4v) is 2.53. The van der Waals surface area contributed by atoms with Gasteiger partial charge in [-0.05, 0) is 32.9 Å². The maximum Gasteiger partial charge on any atom is 0.331 e. The van der Waals surface area contributed by atoms with E-state index in [0.29, 0.717) is 5.69 Å². The lowest BCUT2D eigenvalue weighted by molar-refractivity contribution is -0.146. The lowest BCUT2D eigenvalue weighted by Crippen LogP contribution is -2.36. The SMILES string of the molecule is CCCCSC(C)C(=O)Nc1cnn(C(C)(C)C(=O)O)c1. The standard InChI is InChI=1S/C14H23N3O3S/c1-5-6-7-21-10(2)12(18)16-11-8-15-17(9-11)14(3,4)13(19)20/h8-10H,5-7H2,1-4H3,(H,16,18)(H,19,20). The van der Waals surface area contributed by atoms with E-state index in [4.69, 9.17) is 5.11 Å². The van der Waals surface area contributed by atoms with E-state index in [2.05, 4.69) is 17.3 Å². The molecule has 118 valence electrons. The highest BCUT2D eigenvalue weighted by Crippen LogP contribution is 2.19. The summed E-state index contributed by atoms with van der Waals surface area (Å²) in [5.41, 5.74) is -0.637. The Balaban J connectivity index is 2.62. The highest BCUT2D eigenvalue weighted by molar-refractivity contribution is 8.00. The Hall–Kier alpha value is -1.50. The monoisotopic (exact) mass is 313 g/mol. The van der Waals surface area contributed by atoms with Crippen LogP contribution in [-0.2, 0) is 15.1 Å². The Labute approximate surface area is 129 Å². The number of aliphatic carboxylic acids is 1. The van der Waals surface area contributed by atoms with Crippen molar-refractivity contribution in [2.45, 2.75) is 51.3 Å². The van der Waals surface area contributed by atoms with Crippen LogP contribution >= 0.6 is 11.8 Å². The van der Waals surface area contributed by atoms with E-state index in [0.717, 1.165) is 18.6 Å². The van der Waals surface area contributed by atoms with Gasteiger partial charge in [-0.3, -0.25) is 9.48 Å². The molecule has 6 nitrogen and oxygen atoms in total. The van der Waals surface area contributed by atoms with Gasteiger partial charge in [-0.1, -0.05) is 13.3 Å². The molecule has 0 saturated heterocycles. The highest BCUT2D eigenvalue weighted by Gasteiger charge is 2.30. The second-order valence-electron chi connectivity index (χ2n) is 5.39. The summed E-state index contributed by atoms with van der Waals surface area (Å²) < 4.78 is 1.33. The molecule has 2 N–H and O–H groups in total. The van der Waals surface area contributed by atoms with Crippen molar-refractivity contribution < 1.29 is 14.7 Å². The van der Waals surface area contributed by atoms with Gasteiger partial charge in [0.1, 0.15) is 0 Å². The molecule has 0 fully saturated rings. The van der Waals surface area contributed by atoms with Crippen LogP contribution < -0.4 is 5.32 Å². The largest absolute Gasteiger partial charge is 0.479 e. The molecule has 0 radical (unpaired) electrons. The Morgan fingerprint density at radius 3 is 2.76 bits per heavy atom. The van der Waals surface area contributed by atoms with E-state index in [9.17, 15) is 9.59 Å². The normalized spacial score (nSPS) is 13.0.